The van der Waals surface area contributed by atoms with Crippen molar-refractivity contribution in [2.45, 2.75) is 0 Å². The number of anilines is 2. The maximum Gasteiger partial charge on any atom is 0.136 e. The number of para-hydroxylation sites is 3. The first-order valence-electron chi connectivity index (χ1n) is 13.6. The van der Waals surface area contributed by atoms with Gasteiger partial charge in [-0.1, -0.05) is 72.8 Å². The van der Waals surface area contributed by atoms with E-state index in [-0.39, 0.29) is 0 Å². The summed E-state index contributed by atoms with van der Waals surface area (Å²) in [5, 5.41) is 4.82. The predicted molar refractivity (Wildman–Crippen MR) is 168 cm³/mol. The van der Waals surface area contributed by atoms with Crippen LogP contribution in [0.25, 0.3) is 60.6 Å². The molecule has 6 aromatic carbocycles. The summed E-state index contributed by atoms with van der Waals surface area (Å²) in [5.41, 5.74) is 10.1. The van der Waals surface area contributed by atoms with Gasteiger partial charge in [-0.25, -0.2) is 0 Å². The summed E-state index contributed by atoms with van der Waals surface area (Å²) in [6.07, 6.45) is 0. The van der Waals surface area contributed by atoms with Crippen LogP contribution in [0.3, 0.4) is 0 Å². The molecule has 0 saturated heterocycles. The molecule has 0 N–H and O–H groups in total. The van der Waals surface area contributed by atoms with E-state index in [9.17, 15) is 0 Å². The predicted octanol–water partition coefficient (Wildman–Crippen LogP) is 10.1. The zero-order chi connectivity index (χ0) is 26.6. The summed E-state index contributed by atoms with van der Waals surface area (Å²) in [6, 6.07) is 49.4. The summed E-state index contributed by atoms with van der Waals surface area (Å²) in [4.78, 5) is 2.25. The minimum atomic E-state index is 0.919. The van der Waals surface area contributed by atoms with Crippen LogP contribution in [0.5, 0.6) is 0 Å². The fourth-order valence-electron chi connectivity index (χ4n) is 5.96. The smallest absolute Gasteiger partial charge is 0.136 e. The van der Waals surface area contributed by atoms with E-state index in [1.165, 1.54) is 33.1 Å². The summed E-state index contributed by atoms with van der Waals surface area (Å²) in [5.74, 6) is 0. The van der Waals surface area contributed by atoms with Gasteiger partial charge in [0.15, 0.2) is 0 Å². The van der Waals surface area contributed by atoms with E-state index >= 15 is 0 Å². The molecule has 0 atom stereocenters. The summed E-state index contributed by atoms with van der Waals surface area (Å²) in [7, 11) is 2.13. The molecule has 0 bridgehead atoms. The quantitative estimate of drug-likeness (QED) is 0.233. The van der Waals surface area contributed by atoms with Gasteiger partial charge in [-0.2, -0.15) is 0 Å². The lowest BCUT2D eigenvalue weighted by Gasteiger charge is -2.20. The first-order chi connectivity index (χ1) is 19.7. The van der Waals surface area contributed by atoms with E-state index in [1.54, 1.807) is 0 Å². The van der Waals surface area contributed by atoms with Crippen LogP contribution >= 0.6 is 0 Å². The Bertz CT molecular complexity index is 2170. The topological polar surface area (TPSA) is 21.3 Å². The van der Waals surface area contributed by atoms with Gasteiger partial charge < -0.3 is 13.9 Å². The summed E-state index contributed by atoms with van der Waals surface area (Å²) in [6.45, 7) is 0. The Balaban J connectivity index is 1.15. The number of hydrogen-bond donors (Lipinski definition) is 0. The van der Waals surface area contributed by atoms with Crippen LogP contribution in [0.2, 0.25) is 0 Å². The molecule has 0 aliphatic heterocycles. The molecule has 2 heterocycles. The Kier molecular flexibility index (Phi) is 5.04. The molecule has 40 heavy (non-hydrogen) atoms. The molecule has 0 radical (unpaired) electrons. The minimum Gasteiger partial charge on any atom is -0.456 e. The summed E-state index contributed by atoms with van der Waals surface area (Å²) >= 11 is 0. The van der Waals surface area contributed by atoms with Gasteiger partial charge in [-0.05, 0) is 77.9 Å². The van der Waals surface area contributed by atoms with Crippen molar-refractivity contribution in [2.75, 3.05) is 11.9 Å². The fraction of sp³-hybridized carbons (Fsp3) is 0.0270. The van der Waals surface area contributed by atoms with Gasteiger partial charge in [0.05, 0.1) is 11.0 Å². The van der Waals surface area contributed by atoms with Gasteiger partial charge in [0, 0.05) is 45.7 Å². The van der Waals surface area contributed by atoms with Crippen molar-refractivity contribution in [3.8, 4) is 16.8 Å². The van der Waals surface area contributed by atoms with Gasteiger partial charge in [0.1, 0.15) is 11.2 Å². The molecule has 0 amide bonds. The third-order valence-electron chi connectivity index (χ3n) is 8.02. The molecular weight excluding hydrogens is 488 g/mol. The van der Waals surface area contributed by atoms with Crippen LogP contribution in [0, 0.1) is 0 Å². The molecule has 8 rings (SSSR count). The molecule has 3 heteroatoms. The molecule has 0 unspecified atom stereocenters. The number of aromatic nitrogens is 1. The Hall–Kier alpha value is -5.28. The first kappa shape index (κ1) is 22.7. The highest BCUT2D eigenvalue weighted by Crippen LogP contribution is 2.37. The molecular formula is C37H26N2O. The normalized spacial score (nSPS) is 11.6. The van der Waals surface area contributed by atoms with Gasteiger partial charge in [0.25, 0.3) is 0 Å². The third-order valence-corrected chi connectivity index (χ3v) is 8.02. The highest BCUT2D eigenvalue weighted by atomic mass is 16.3. The minimum absolute atomic E-state index is 0.919. The van der Waals surface area contributed by atoms with Crippen molar-refractivity contribution in [2.24, 2.45) is 0 Å². The Morgan fingerprint density at radius 1 is 0.475 bits per heavy atom. The van der Waals surface area contributed by atoms with Crippen LogP contribution in [-0.2, 0) is 0 Å². The van der Waals surface area contributed by atoms with Crippen LogP contribution in [0.4, 0.5) is 11.4 Å². The highest BCUT2D eigenvalue weighted by Gasteiger charge is 2.14. The van der Waals surface area contributed by atoms with Crippen molar-refractivity contribution in [1.82, 2.24) is 4.57 Å². The molecule has 0 spiro atoms. The second-order valence-corrected chi connectivity index (χ2v) is 10.3. The fourth-order valence-corrected chi connectivity index (χ4v) is 5.96. The van der Waals surface area contributed by atoms with E-state index in [0.717, 1.165) is 38.9 Å². The molecule has 0 aliphatic rings. The van der Waals surface area contributed by atoms with Crippen molar-refractivity contribution in [3.05, 3.63) is 140 Å². The number of furan rings is 1. The van der Waals surface area contributed by atoms with E-state index in [4.69, 9.17) is 4.42 Å². The van der Waals surface area contributed by atoms with Crippen molar-refractivity contribution in [3.63, 3.8) is 0 Å². The maximum absolute atomic E-state index is 6.12. The van der Waals surface area contributed by atoms with Crippen molar-refractivity contribution >= 4 is 55.1 Å². The monoisotopic (exact) mass is 514 g/mol. The zero-order valence-electron chi connectivity index (χ0n) is 22.1. The number of fused-ring (bicyclic) bond motifs is 6. The Labute approximate surface area is 232 Å². The van der Waals surface area contributed by atoms with Crippen LogP contribution in [0.1, 0.15) is 0 Å². The number of hydrogen-bond acceptors (Lipinski definition) is 2. The SMILES string of the molecule is CN(c1ccc(-c2ccc3c(c2)oc2ccccc23)cc1)c1ccc2c(c1)c1ccccc1n2-c1ccccc1. The van der Waals surface area contributed by atoms with Crippen LogP contribution < -0.4 is 4.90 Å². The van der Waals surface area contributed by atoms with E-state index in [1.807, 2.05) is 12.1 Å². The second kappa shape index (κ2) is 8.89. The lowest BCUT2D eigenvalue weighted by Crippen LogP contribution is -2.09. The lowest BCUT2D eigenvalue weighted by atomic mass is 10.0. The molecule has 3 nitrogen and oxygen atoms in total. The average Bonchev–Trinajstić information content (AvgIpc) is 3.56. The molecule has 2 aromatic heterocycles. The van der Waals surface area contributed by atoms with Crippen LogP contribution in [-0.4, -0.2) is 11.6 Å². The van der Waals surface area contributed by atoms with Gasteiger partial charge in [-0.3, -0.25) is 0 Å². The number of nitrogens with zero attached hydrogens (tertiary/aromatic N) is 2. The molecule has 0 fully saturated rings. The van der Waals surface area contributed by atoms with Crippen molar-refractivity contribution < 1.29 is 4.42 Å². The largest absolute Gasteiger partial charge is 0.456 e. The number of rotatable bonds is 4. The van der Waals surface area contributed by atoms with E-state index in [2.05, 4.69) is 144 Å². The molecule has 0 saturated carbocycles. The maximum atomic E-state index is 6.12. The van der Waals surface area contributed by atoms with Crippen molar-refractivity contribution in [1.29, 1.82) is 0 Å². The van der Waals surface area contributed by atoms with E-state index < -0.39 is 0 Å². The first-order valence-corrected chi connectivity index (χ1v) is 13.6. The Morgan fingerprint density at radius 2 is 1.12 bits per heavy atom. The standard InChI is InChI=1S/C37H26N2O/c1-38(27-18-15-25(16-19-27)26-17-21-32-31-12-6-8-14-36(31)40-37(32)23-26)29-20-22-35-33(24-29)30-11-5-7-13-34(30)39(35)28-9-3-2-4-10-28/h2-24H,1H3. The Morgan fingerprint density at radius 3 is 1.98 bits per heavy atom. The second-order valence-electron chi connectivity index (χ2n) is 10.3. The summed E-state index contributed by atoms with van der Waals surface area (Å²) < 4.78 is 8.47. The van der Waals surface area contributed by atoms with Gasteiger partial charge >= 0.3 is 0 Å². The highest BCUT2D eigenvalue weighted by molar-refractivity contribution is 6.10. The molecule has 0 aliphatic carbocycles. The number of benzene rings is 6. The zero-order valence-corrected chi connectivity index (χ0v) is 22.1. The lowest BCUT2D eigenvalue weighted by molar-refractivity contribution is 0.669. The van der Waals surface area contributed by atoms with E-state index in [0.29, 0.717) is 0 Å². The molecule has 8 aromatic rings. The molecule has 190 valence electrons. The van der Waals surface area contributed by atoms with Crippen LogP contribution in [0.15, 0.2) is 144 Å². The third kappa shape index (κ3) is 3.52. The van der Waals surface area contributed by atoms with Gasteiger partial charge in [-0.15, -0.1) is 0 Å². The van der Waals surface area contributed by atoms with Gasteiger partial charge in [0.2, 0.25) is 0 Å². The average molecular weight is 515 g/mol.